The molecule has 1 amide bonds. The molecule has 1 atom stereocenters. The van der Waals surface area contributed by atoms with Gasteiger partial charge in [-0.3, -0.25) is 4.79 Å². The minimum absolute atomic E-state index is 0.235. The van der Waals surface area contributed by atoms with Crippen LogP contribution in [0.4, 0.5) is 14.5 Å². The number of hydrogen-bond acceptors (Lipinski definition) is 3. The fourth-order valence-electron chi connectivity index (χ4n) is 1.91. The van der Waals surface area contributed by atoms with E-state index in [1.54, 1.807) is 13.0 Å². The summed E-state index contributed by atoms with van der Waals surface area (Å²) in [6.07, 6.45) is -0.865. The van der Waals surface area contributed by atoms with E-state index in [0.29, 0.717) is 12.3 Å². The van der Waals surface area contributed by atoms with E-state index in [2.05, 4.69) is 5.32 Å². The summed E-state index contributed by atoms with van der Waals surface area (Å²) in [5.74, 6) is -0.889. The summed E-state index contributed by atoms with van der Waals surface area (Å²) in [5.41, 5.74) is 0.341. The highest BCUT2D eigenvalue weighted by Crippen LogP contribution is 2.26. The van der Waals surface area contributed by atoms with Crippen molar-refractivity contribution >= 4 is 11.6 Å². The van der Waals surface area contributed by atoms with E-state index in [-0.39, 0.29) is 11.5 Å². The topological polar surface area (TPSA) is 47.6 Å². The summed E-state index contributed by atoms with van der Waals surface area (Å²) in [7, 11) is 0. The molecule has 0 aromatic heterocycles. The van der Waals surface area contributed by atoms with Crippen molar-refractivity contribution in [2.75, 3.05) is 11.9 Å². The minimum atomic E-state index is -0.865. The maximum absolute atomic E-state index is 13.2. The zero-order valence-electron chi connectivity index (χ0n) is 12.8. The molecule has 0 saturated heterocycles. The fraction of sp³-hybridized carbons (Fsp3) is 0.235. The van der Waals surface area contributed by atoms with Gasteiger partial charge in [0.05, 0.1) is 12.3 Å². The standard InChI is InChI=1S/C17H17F2NO3/c1-3-22-16-10-13(19)7-8-15(16)20-17(21)11(2)23-14-6-4-5-12(18)9-14/h4-11H,3H2,1-2H3,(H,20,21). The summed E-state index contributed by atoms with van der Waals surface area (Å²) in [5, 5.41) is 2.61. The minimum Gasteiger partial charge on any atom is -0.492 e. The van der Waals surface area contributed by atoms with Crippen molar-refractivity contribution in [1.29, 1.82) is 0 Å². The van der Waals surface area contributed by atoms with Gasteiger partial charge in [-0.25, -0.2) is 8.78 Å². The summed E-state index contributed by atoms with van der Waals surface area (Å²) < 4.78 is 37.0. The van der Waals surface area contributed by atoms with E-state index in [1.807, 2.05) is 0 Å². The average molecular weight is 321 g/mol. The van der Waals surface area contributed by atoms with Crippen molar-refractivity contribution in [3.8, 4) is 11.5 Å². The Morgan fingerprint density at radius 1 is 1.17 bits per heavy atom. The van der Waals surface area contributed by atoms with E-state index in [0.717, 1.165) is 0 Å². The Bertz CT molecular complexity index is 691. The third kappa shape index (κ3) is 4.67. The van der Waals surface area contributed by atoms with Crippen LogP contribution in [0.2, 0.25) is 0 Å². The molecule has 122 valence electrons. The van der Waals surface area contributed by atoms with Crippen LogP contribution < -0.4 is 14.8 Å². The smallest absolute Gasteiger partial charge is 0.265 e. The second kappa shape index (κ2) is 7.58. The van der Waals surface area contributed by atoms with Crippen LogP contribution in [-0.4, -0.2) is 18.6 Å². The molecule has 0 radical (unpaired) electrons. The number of benzene rings is 2. The van der Waals surface area contributed by atoms with Crippen LogP contribution in [0.15, 0.2) is 42.5 Å². The average Bonchev–Trinajstić information content (AvgIpc) is 2.50. The van der Waals surface area contributed by atoms with E-state index in [1.165, 1.54) is 43.3 Å². The van der Waals surface area contributed by atoms with E-state index < -0.39 is 23.6 Å². The highest BCUT2D eigenvalue weighted by atomic mass is 19.1. The molecule has 6 heteroatoms. The number of nitrogens with one attached hydrogen (secondary N) is 1. The first-order valence-corrected chi connectivity index (χ1v) is 7.15. The van der Waals surface area contributed by atoms with Crippen LogP contribution in [0.3, 0.4) is 0 Å². The first kappa shape index (κ1) is 16.7. The van der Waals surface area contributed by atoms with Crippen molar-refractivity contribution in [2.24, 2.45) is 0 Å². The van der Waals surface area contributed by atoms with Gasteiger partial charge >= 0.3 is 0 Å². The number of halogens is 2. The van der Waals surface area contributed by atoms with E-state index in [4.69, 9.17) is 9.47 Å². The molecule has 23 heavy (non-hydrogen) atoms. The molecule has 1 N–H and O–H groups in total. The molecular formula is C17H17F2NO3. The molecule has 0 heterocycles. The number of hydrogen-bond donors (Lipinski definition) is 1. The van der Waals surface area contributed by atoms with Gasteiger partial charge in [-0.1, -0.05) is 6.07 Å². The summed E-state index contributed by atoms with van der Waals surface area (Å²) in [4.78, 5) is 12.2. The van der Waals surface area contributed by atoms with Crippen LogP contribution in [0.5, 0.6) is 11.5 Å². The number of anilines is 1. The van der Waals surface area contributed by atoms with Crippen LogP contribution in [0.25, 0.3) is 0 Å². The van der Waals surface area contributed by atoms with E-state index in [9.17, 15) is 13.6 Å². The number of rotatable bonds is 6. The molecule has 0 spiro atoms. The van der Waals surface area contributed by atoms with Gasteiger partial charge in [0.15, 0.2) is 6.10 Å². The summed E-state index contributed by atoms with van der Waals surface area (Å²) in [6.45, 7) is 3.62. The molecule has 2 aromatic carbocycles. The Kier molecular flexibility index (Phi) is 5.51. The lowest BCUT2D eigenvalue weighted by molar-refractivity contribution is -0.122. The fourth-order valence-corrected chi connectivity index (χ4v) is 1.91. The first-order valence-electron chi connectivity index (χ1n) is 7.15. The van der Waals surface area contributed by atoms with Gasteiger partial charge in [0.25, 0.3) is 5.91 Å². The van der Waals surface area contributed by atoms with Gasteiger partial charge in [-0.15, -0.1) is 0 Å². The van der Waals surface area contributed by atoms with Crippen LogP contribution in [0.1, 0.15) is 13.8 Å². The lowest BCUT2D eigenvalue weighted by Gasteiger charge is -2.16. The maximum atomic E-state index is 13.2. The summed E-state index contributed by atoms with van der Waals surface area (Å²) >= 11 is 0. The molecule has 0 aliphatic carbocycles. The quantitative estimate of drug-likeness (QED) is 0.881. The SMILES string of the molecule is CCOc1cc(F)ccc1NC(=O)C(C)Oc1cccc(F)c1. The highest BCUT2D eigenvalue weighted by Gasteiger charge is 2.17. The zero-order chi connectivity index (χ0) is 16.8. The van der Waals surface area contributed by atoms with Gasteiger partial charge in [0, 0.05) is 12.1 Å². The van der Waals surface area contributed by atoms with Crippen molar-refractivity contribution in [1.82, 2.24) is 0 Å². The molecule has 1 unspecified atom stereocenters. The predicted molar refractivity (Wildman–Crippen MR) is 82.7 cm³/mol. The van der Waals surface area contributed by atoms with Gasteiger partial charge in [-0.2, -0.15) is 0 Å². The van der Waals surface area contributed by atoms with Gasteiger partial charge in [0.2, 0.25) is 0 Å². The lowest BCUT2D eigenvalue weighted by Crippen LogP contribution is -2.30. The Labute approximate surface area is 133 Å². The number of carbonyl (C=O) groups excluding carboxylic acids is 1. The Balaban J connectivity index is 2.06. The number of amides is 1. The van der Waals surface area contributed by atoms with Crippen molar-refractivity contribution in [2.45, 2.75) is 20.0 Å². The molecular weight excluding hydrogens is 304 g/mol. The van der Waals surface area contributed by atoms with Crippen LogP contribution in [0, 0.1) is 11.6 Å². The second-order valence-corrected chi connectivity index (χ2v) is 4.78. The molecule has 0 aliphatic rings. The summed E-state index contributed by atoms with van der Waals surface area (Å²) in [6, 6.07) is 9.33. The van der Waals surface area contributed by atoms with Crippen LogP contribution in [-0.2, 0) is 4.79 Å². The maximum Gasteiger partial charge on any atom is 0.265 e. The second-order valence-electron chi connectivity index (χ2n) is 4.78. The Morgan fingerprint density at radius 3 is 2.61 bits per heavy atom. The zero-order valence-corrected chi connectivity index (χ0v) is 12.8. The monoisotopic (exact) mass is 321 g/mol. The molecule has 0 fully saturated rings. The van der Waals surface area contributed by atoms with Crippen molar-refractivity contribution in [3.05, 3.63) is 54.1 Å². The molecule has 0 saturated carbocycles. The van der Waals surface area contributed by atoms with Crippen molar-refractivity contribution in [3.63, 3.8) is 0 Å². The largest absolute Gasteiger partial charge is 0.492 e. The lowest BCUT2D eigenvalue weighted by atomic mass is 10.2. The molecule has 0 bridgehead atoms. The number of carbonyl (C=O) groups is 1. The Morgan fingerprint density at radius 2 is 1.91 bits per heavy atom. The highest BCUT2D eigenvalue weighted by molar-refractivity contribution is 5.95. The van der Waals surface area contributed by atoms with Crippen LogP contribution >= 0.6 is 0 Å². The third-order valence-corrected chi connectivity index (χ3v) is 2.98. The molecule has 2 aromatic rings. The predicted octanol–water partition coefficient (Wildman–Crippen LogP) is 3.77. The molecule has 0 aliphatic heterocycles. The van der Waals surface area contributed by atoms with Gasteiger partial charge in [0.1, 0.15) is 23.1 Å². The van der Waals surface area contributed by atoms with Crippen molar-refractivity contribution < 1.29 is 23.0 Å². The number of ether oxygens (including phenoxy) is 2. The molecule has 4 nitrogen and oxygen atoms in total. The van der Waals surface area contributed by atoms with Gasteiger partial charge < -0.3 is 14.8 Å². The Hall–Kier alpha value is -2.63. The third-order valence-electron chi connectivity index (χ3n) is 2.98. The van der Waals surface area contributed by atoms with Gasteiger partial charge in [-0.05, 0) is 38.1 Å². The van der Waals surface area contributed by atoms with E-state index >= 15 is 0 Å². The molecule has 2 rings (SSSR count). The normalized spacial score (nSPS) is 11.7. The first-order chi connectivity index (χ1) is 11.0.